The van der Waals surface area contributed by atoms with Crippen LogP contribution in [0.4, 0.5) is 0 Å². The third-order valence-corrected chi connectivity index (χ3v) is 4.15. The molecule has 38 valence electrons. The van der Waals surface area contributed by atoms with Gasteiger partial charge in [-0.15, -0.1) is 0 Å². The van der Waals surface area contributed by atoms with Crippen molar-refractivity contribution in [2.24, 2.45) is 5.92 Å². The molecule has 2 fully saturated rings. The molecular weight excluding hydrogens is 100 g/mol. The lowest BCUT2D eigenvalue weighted by atomic mass is 10.1. The van der Waals surface area contributed by atoms with Crippen molar-refractivity contribution in [3.05, 3.63) is 0 Å². The van der Waals surface area contributed by atoms with Crippen LogP contribution >= 0.6 is 0 Å². The summed E-state index contributed by atoms with van der Waals surface area (Å²) in [4.78, 5) is 0. The van der Waals surface area contributed by atoms with Gasteiger partial charge in [0.25, 0.3) is 0 Å². The van der Waals surface area contributed by atoms with E-state index in [0.29, 0.717) is 0 Å². The van der Waals surface area contributed by atoms with Gasteiger partial charge in [0.05, 0.1) is 0 Å². The number of hydrogen-bond donors (Lipinski definition) is 0. The molecule has 0 N–H and O–H groups in total. The van der Waals surface area contributed by atoms with Crippen molar-refractivity contribution in [2.75, 3.05) is 0 Å². The SMILES string of the molecule is C1CC2CC1C[Si]2. The topological polar surface area (TPSA) is 0 Å². The van der Waals surface area contributed by atoms with Crippen LogP contribution in [0.25, 0.3) is 0 Å². The molecule has 1 heterocycles. The lowest BCUT2D eigenvalue weighted by Crippen LogP contribution is -1.97. The van der Waals surface area contributed by atoms with Crippen LogP contribution in [0.5, 0.6) is 0 Å². The quantitative estimate of drug-likeness (QED) is 0.416. The van der Waals surface area contributed by atoms with Crippen LogP contribution < -0.4 is 0 Å². The third kappa shape index (κ3) is 0.547. The smallest absolute Gasteiger partial charge is 0.0416 e. The van der Waals surface area contributed by atoms with Gasteiger partial charge in [-0.3, -0.25) is 0 Å². The van der Waals surface area contributed by atoms with E-state index in [4.69, 9.17) is 0 Å². The summed E-state index contributed by atoms with van der Waals surface area (Å²) in [5.74, 6) is 1.18. The first-order valence-corrected chi connectivity index (χ1v) is 4.47. The highest BCUT2D eigenvalue weighted by Crippen LogP contribution is 2.43. The largest absolute Gasteiger partial charge is 0.0582 e. The maximum absolute atomic E-state index is 1.60. The molecule has 7 heavy (non-hydrogen) atoms. The molecular formula is C6H10Si. The predicted molar refractivity (Wildman–Crippen MR) is 31.7 cm³/mol. The zero-order valence-electron chi connectivity index (χ0n) is 4.48. The van der Waals surface area contributed by atoms with Crippen molar-refractivity contribution in [2.45, 2.75) is 30.8 Å². The molecule has 2 aliphatic rings. The second-order valence-electron chi connectivity index (χ2n) is 2.78. The third-order valence-electron chi connectivity index (χ3n) is 2.24. The molecule has 2 bridgehead atoms. The molecule has 0 nitrogen and oxygen atoms in total. The number of hydrogen-bond acceptors (Lipinski definition) is 0. The molecule has 1 saturated heterocycles. The van der Waals surface area contributed by atoms with Gasteiger partial charge in [0.2, 0.25) is 0 Å². The van der Waals surface area contributed by atoms with Gasteiger partial charge in [-0.05, 0) is 11.5 Å². The molecule has 2 radical (unpaired) electrons. The Kier molecular flexibility index (Phi) is 0.794. The molecule has 0 aromatic rings. The van der Waals surface area contributed by atoms with Crippen LogP contribution in [0.1, 0.15) is 19.3 Å². The van der Waals surface area contributed by atoms with Crippen molar-refractivity contribution < 1.29 is 0 Å². The molecule has 1 saturated carbocycles. The Morgan fingerprint density at radius 3 is 2.43 bits per heavy atom. The fraction of sp³-hybridized carbons (Fsp3) is 1.00. The summed E-state index contributed by atoms with van der Waals surface area (Å²) in [5.41, 5.74) is 1.20. The van der Waals surface area contributed by atoms with Crippen LogP contribution in [-0.2, 0) is 0 Å². The van der Waals surface area contributed by atoms with Gasteiger partial charge in [-0.25, -0.2) is 0 Å². The van der Waals surface area contributed by atoms with E-state index in [9.17, 15) is 0 Å². The van der Waals surface area contributed by atoms with Gasteiger partial charge < -0.3 is 0 Å². The fourth-order valence-corrected chi connectivity index (χ4v) is 3.69. The minimum absolute atomic E-state index is 1.18. The molecule has 1 heteroatoms. The van der Waals surface area contributed by atoms with Crippen molar-refractivity contribution in [3.8, 4) is 0 Å². The monoisotopic (exact) mass is 110 g/mol. The molecule has 0 amide bonds. The number of rotatable bonds is 0. The molecule has 2 atom stereocenters. The summed E-state index contributed by atoms with van der Waals surface area (Å²) in [6.07, 6.45) is 4.74. The fourth-order valence-electron chi connectivity index (χ4n) is 1.78. The summed E-state index contributed by atoms with van der Waals surface area (Å²) in [6, 6.07) is 1.59. The van der Waals surface area contributed by atoms with Crippen molar-refractivity contribution in [1.29, 1.82) is 0 Å². The average Bonchev–Trinajstić information content (AvgIpc) is 2.22. The van der Waals surface area contributed by atoms with Gasteiger partial charge in [0.1, 0.15) is 0 Å². The number of fused-ring (bicyclic) bond motifs is 2. The van der Waals surface area contributed by atoms with E-state index < -0.39 is 0 Å². The predicted octanol–water partition coefficient (Wildman–Crippen LogP) is 1.71. The van der Waals surface area contributed by atoms with E-state index in [1.165, 1.54) is 21.0 Å². The highest BCUT2D eigenvalue weighted by atomic mass is 28.2. The first-order valence-electron chi connectivity index (χ1n) is 3.18. The Morgan fingerprint density at radius 2 is 2.29 bits per heavy atom. The van der Waals surface area contributed by atoms with Crippen LogP contribution in [-0.4, -0.2) is 9.52 Å². The Hall–Kier alpha value is 0.217. The minimum atomic E-state index is 1.18. The average molecular weight is 110 g/mol. The summed E-state index contributed by atoms with van der Waals surface area (Å²) in [7, 11) is 1.35. The maximum Gasteiger partial charge on any atom is 0.0416 e. The molecule has 2 unspecified atom stereocenters. The van der Waals surface area contributed by atoms with Crippen LogP contribution in [0.3, 0.4) is 0 Å². The highest BCUT2D eigenvalue weighted by molar-refractivity contribution is 6.39. The first-order chi connectivity index (χ1) is 3.45. The van der Waals surface area contributed by atoms with Crippen molar-refractivity contribution >= 4 is 9.52 Å². The molecule has 1 aliphatic carbocycles. The van der Waals surface area contributed by atoms with Gasteiger partial charge in [-0.2, -0.15) is 0 Å². The van der Waals surface area contributed by atoms with Gasteiger partial charge in [0.15, 0.2) is 0 Å². The summed E-state index contributed by atoms with van der Waals surface area (Å²) >= 11 is 0. The summed E-state index contributed by atoms with van der Waals surface area (Å²) < 4.78 is 0. The zero-order chi connectivity index (χ0) is 4.69. The van der Waals surface area contributed by atoms with Gasteiger partial charge in [-0.1, -0.05) is 25.3 Å². The summed E-state index contributed by atoms with van der Waals surface area (Å²) in [5, 5.41) is 0. The second-order valence-corrected chi connectivity index (χ2v) is 4.42. The van der Waals surface area contributed by atoms with E-state index in [-0.39, 0.29) is 0 Å². The van der Waals surface area contributed by atoms with E-state index >= 15 is 0 Å². The van der Waals surface area contributed by atoms with E-state index in [1.807, 2.05) is 0 Å². The molecule has 2 rings (SSSR count). The van der Waals surface area contributed by atoms with Gasteiger partial charge in [0, 0.05) is 9.52 Å². The van der Waals surface area contributed by atoms with E-state index in [1.54, 1.807) is 25.3 Å². The Morgan fingerprint density at radius 1 is 1.29 bits per heavy atom. The minimum Gasteiger partial charge on any atom is -0.0582 e. The van der Waals surface area contributed by atoms with Crippen LogP contribution in [0, 0.1) is 5.92 Å². The molecule has 0 aromatic carbocycles. The Bertz CT molecular complexity index is 62.2. The molecule has 0 aromatic heterocycles. The summed E-state index contributed by atoms with van der Waals surface area (Å²) in [6.45, 7) is 0. The highest BCUT2D eigenvalue weighted by Gasteiger charge is 2.31. The van der Waals surface area contributed by atoms with E-state index in [0.717, 1.165) is 0 Å². The Labute approximate surface area is 47.1 Å². The lowest BCUT2D eigenvalue weighted by Gasteiger charge is -2.04. The molecule has 1 aliphatic heterocycles. The maximum atomic E-state index is 1.60. The van der Waals surface area contributed by atoms with Gasteiger partial charge >= 0.3 is 0 Å². The normalized spacial score (nSPS) is 48.0. The van der Waals surface area contributed by atoms with Crippen molar-refractivity contribution in [3.63, 3.8) is 0 Å². The zero-order valence-corrected chi connectivity index (χ0v) is 5.48. The first kappa shape index (κ1) is 4.13. The van der Waals surface area contributed by atoms with Crippen LogP contribution in [0.15, 0.2) is 0 Å². The van der Waals surface area contributed by atoms with Crippen molar-refractivity contribution in [1.82, 2.24) is 0 Å². The van der Waals surface area contributed by atoms with E-state index in [2.05, 4.69) is 0 Å². The standard InChI is InChI=1S/C6H10Si/c1-2-6-3-5(1)4-7-6/h5-6H,1-4H2. The molecule has 0 spiro atoms. The Balaban J connectivity index is 2.12. The lowest BCUT2D eigenvalue weighted by molar-refractivity contribution is 0.624. The van der Waals surface area contributed by atoms with Crippen LogP contribution in [0.2, 0.25) is 11.6 Å². The second kappa shape index (κ2) is 1.34.